The summed E-state index contributed by atoms with van der Waals surface area (Å²) in [6.45, 7) is 3.03. The summed E-state index contributed by atoms with van der Waals surface area (Å²) in [5.74, 6) is 1.74. The van der Waals surface area contributed by atoms with Crippen molar-refractivity contribution in [3.05, 3.63) is 54.1 Å². The van der Waals surface area contributed by atoms with Crippen molar-refractivity contribution < 1.29 is 14.3 Å². The van der Waals surface area contributed by atoms with Gasteiger partial charge in [0.25, 0.3) is 0 Å². The fourth-order valence-electron chi connectivity index (χ4n) is 1.99. The van der Waals surface area contributed by atoms with Gasteiger partial charge >= 0.3 is 0 Å². The summed E-state index contributed by atoms with van der Waals surface area (Å²) in [5.41, 5.74) is 1.74. The van der Waals surface area contributed by atoms with E-state index in [1.54, 1.807) is 14.0 Å². The molecule has 0 aliphatic heterocycles. The number of nitrogens with one attached hydrogen (secondary N) is 1. The van der Waals surface area contributed by atoms with E-state index in [1.807, 2.05) is 48.5 Å². The summed E-state index contributed by atoms with van der Waals surface area (Å²) >= 11 is 0. The summed E-state index contributed by atoms with van der Waals surface area (Å²) in [6, 6.07) is 15.0. The van der Waals surface area contributed by atoms with Gasteiger partial charge in [-0.2, -0.15) is 0 Å². The molecule has 4 nitrogen and oxygen atoms in total. The molecule has 0 spiro atoms. The summed E-state index contributed by atoms with van der Waals surface area (Å²) in [6.07, 6.45) is 0.889. The van der Waals surface area contributed by atoms with E-state index < -0.39 is 0 Å². The van der Waals surface area contributed by atoms with Gasteiger partial charge in [-0.25, -0.2) is 0 Å². The van der Waals surface area contributed by atoms with Gasteiger partial charge in [-0.15, -0.1) is 0 Å². The number of ether oxygens (including phenoxy) is 2. The quantitative estimate of drug-likeness (QED) is 0.595. The lowest BCUT2D eigenvalue weighted by Crippen LogP contribution is -2.07. The van der Waals surface area contributed by atoms with E-state index >= 15 is 0 Å². The fourth-order valence-corrected chi connectivity index (χ4v) is 1.99. The van der Waals surface area contributed by atoms with Gasteiger partial charge < -0.3 is 14.8 Å². The second-order valence-corrected chi connectivity index (χ2v) is 4.94. The van der Waals surface area contributed by atoms with Crippen LogP contribution in [0, 0.1) is 0 Å². The van der Waals surface area contributed by atoms with E-state index in [1.165, 1.54) is 0 Å². The normalized spacial score (nSPS) is 10.1. The van der Waals surface area contributed by atoms with E-state index in [2.05, 4.69) is 5.32 Å². The molecule has 0 saturated carbocycles. The van der Waals surface area contributed by atoms with Crippen LogP contribution in [0.3, 0.4) is 0 Å². The van der Waals surface area contributed by atoms with E-state index in [0.717, 1.165) is 35.7 Å². The molecule has 0 atom stereocenters. The van der Waals surface area contributed by atoms with E-state index in [4.69, 9.17) is 9.47 Å². The predicted octanol–water partition coefficient (Wildman–Crippen LogP) is 3.78. The Balaban J connectivity index is 1.67. The first-order valence-corrected chi connectivity index (χ1v) is 7.31. The SMILES string of the molecule is COc1ccc(OCCCNc2ccc(C(C)=O)cc2)cc1. The Labute approximate surface area is 131 Å². The zero-order chi connectivity index (χ0) is 15.8. The summed E-state index contributed by atoms with van der Waals surface area (Å²) in [4.78, 5) is 11.2. The molecule has 0 amide bonds. The van der Waals surface area contributed by atoms with Crippen molar-refractivity contribution in [3.8, 4) is 11.5 Å². The number of hydrogen-bond acceptors (Lipinski definition) is 4. The molecule has 0 saturated heterocycles. The van der Waals surface area contributed by atoms with Gasteiger partial charge in [0.1, 0.15) is 11.5 Å². The van der Waals surface area contributed by atoms with Gasteiger partial charge in [0.2, 0.25) is 0 Å². The van der Waals surface area contributed by atoms with Crippen LogP contribution in [0.2, 0.25) is 0 Å². The highest BCUT2D eigenvalue weighted by molar-refractivity contribution is 5.94. The molecule has 0 fully saturated rings. The maximum atomic E-state index is 11.2. The lowest BCUT2D eigenvalue weighted by molar-refractivity contribution is 0.101. The van der Waals surface area contributed by atoms with Gasteiger partial charge in [0.15, 0.2) is 5.78 Å². The first-order chi connectivity index (χ1) is 10.7. The van der Waals surface area contributed by atoms with E-state index in [-0.39, 0.29) is 5.78 Å². The molecular weight excluding hydrogens is 278 g/mol. The number of Topliss-reactive ketones (excluding diaryl/α,β-unsaturated/α-hetero) is 1. The highest BCUT2D eigenvalue weighted by Crippen LogP contribution is 2.17. The summed E-state index contributed by atoms with van der Waals surface area (Å²) < 4.78 is 10.8. The molecule has 2 aromatic carbocycles. The van der Waals surface area contributed by atoms with Crippen LogP contribution in [0.5, 0.6) is 11.5 Å². The van der Waals surface area contributed by atoms with Crippen molar-refractivity contribution in [3.63, 3.8) is 0 Å². The van der Waals surface area contributed by atoms with Crippen LogP contribution in [0.4, 0.5) is 5.69 Å². The highest BCUT2D eigenvalue weighted by Gasteiger charge is 1.99. The Morgan fingerprint density at radius 2 is 1.64 bits per heavy atom. The van der Waals surface area contributed by atoms with Gasteiger partial charge in [-0.3, -0.25) is 4.79 Å². The van der Waals surface area contributed by atoms with Gasteiger partial charge in [0, 0.05) is 17.8 Å². The molecule has 2 aromatic rings. The minimum absolute atomic E-state index is 0.0828. The van der Waals surface area contributed by atoms with Crippen LogP contribution in [-0.2, 0) is 0 Å². The number of carbonyl (C=O) groups excluding carboxylic acids is 1. The molecule has 4 heteroatoms. The summed E-state index contributed by atoms with van der Waals surface area (Å²) in [5, 5.41) is 3.30. The molecule has 0 aliphatic rings. The second-order valence-electron chi connectivity index (χ2n) is 4.94. The molecule has 1 N–H and O–H groups in total. The van der Waals surface area contributed by atoms with Crippen LogP contribution < -0.4 is 14.8 Å². The van der Waals surface area contributed by atoms with Crippen molar-refractivity contribution in [1.29, 1.82) is 0 Å². The predicted molar refractivity (Wildman–Crippen MR) is 88.0 cm³/mol. The van der Waals surface area contributed by atoms with Gasteiger partial charge in [-0.1, -0.05) is 0 Å². The lowest BCUT2D eigenvalue weighted by Gasteiger charge is -2.09. The van der Waals surface area contributed by atoms with Crippen LogP contribution in [0.1, 0.15) is 23.7 Å². The maximum absolute atomic E-state index is 11.2. The first-order valence-electron chi connectivity index (χ1n) is 7.31. The van der Waals surface area contributed by atoms with E-state index in [0.29, 0.717) is 6.61 Å². The molecule has 0 aromatic heterocycles. The van der Waals surface area contributed by atoms with E-state index in [9.17, 15) is 4.79 Å². The Hall–Kier alpha value is -2.49. The number of ketones is 1. The largest absolute Gasteiger partial charge is 0.497 e. The van der Waals surface area contributed by atoms with Crippen LogP contribution in [0.15, 0.2) is 48.5 Å². The fraction of sp³-hybridized carbons (Fsp3) is 0.278. The Morgan fingerprint density at radius 3 is 2.23 bits per heavy atom. The molecule has 0 heterocycles. The number of hydrogen-bond donors (Lipinski definition) is 1. The highest BCUT2D eigenvalue weighted by atomic mass is 16.5. The number of benzene rings is 2. The minimum atomic E-state index is 0.0828. The second kappa shape index (κ2) is 8.08. The molecule has 0 bridgehead atoms. The van der Waals surface area contributed by atoms with Crippen molar-refractivity contribution in [2.45, 2.75) is 13.3 Å². The average Bonchev–Trinajstić information content (AvgIpc) is 2.55. The number of carbonyl (C=O) groups is 1. The van der Waals surface area contributed by atoms with Crippen molar-refractivity contribution in [2.75, 3.05) is 25.6 Å². The Bertz CT molecular complexity index is 591. The number of rotatable bonds is 8. The monoisotopic (exact) mass is 299 g/mol. The molecular formula is C18H21NO3. The van der Waals surface area contributed by atoms with Crippen molar-refractivity contribution in [1.82, 2.24) is 0 Å². The molecule has 0 aliphatic carbocycles. The Kier molecular flexibility index (Phi) is 5.83. The number of anilines is 1. The third-order valence-corrected chi connectivity index (χ3v) is 3.27. The van der Waals surface area contributed by atoms with Crippen molar-refractivity contribution in [2.24, 2.45) is 0 Å². The molecule has 22 heavy (non-hydrogen) atoms. The lowest BCUT2D eigenvalue weighted by atomic mass is 10.1. The molecule has 116 valence electrons. The topological polar surface area (TPSA) is 47.6 Å². The minimum Gasteiger partial charge on any atom is -0.497 e. The molecule has 2 rings (SSSR count). The third-order valence-electron chi connectivity index (χ3n) is 3.27. The smallest absolute Gasteiger partial charge is 0.159 e. The summed E-state index contributed by atoms with van der Waals surface area (Å²) in [7, 11) is 1.64. The average molecular weight is 299 g/mol. The molecule has 0 radical (unpaired) electrons. The molecule has 0 unspecified atom stereocenters. The standard InChI is InChI=1S/C18H21NO3/c1-14(20)15-4-6-16(7-5-15)19-12-3-13-22-18-10-8-17(21-2)9-11-18/h4-11,19H,3,12-13H2,1-2H3. The number of methoxy groups -OCH3 is 1. The van der Waals surface area contributed by atoms with Gasteiger partial charge in [-0.05, 0) is 61.9 Å². The first kappa shape index (κ1) is 15.9. The third kappa shape index (κ3) is 4.81. The Morgan fingerprint density at radius 1 is 1.00 bits per heavy atom. The maximum Gasteiger partial charge on any atom is 0.159 e. The van der Waals surface area contributed by atoms with Gasteiger partial charge in [0.05, 0.1) is 13.7 Å². The zero-order valence-corrected chi connectivity index (χ0v) is 13.0. The van der Waals surface area contributed by atoms with Crippen LogP contribution in [0.25, 0.3) is 0 Å². The van der Waals surface area contributed by atoms with Crippen LogP contribution >= 0.6 is 0 Å². The van der Waals surface area contributed by atoms with Crippen LogP contribution in [-0.4, -0.2) is 26.0 Å². The van der Waals surface area contributed by atoms with Crippen molar-refractivity contribution >= 4 is 11.5 Å². The zero-order valence-electron chi connectivity index (χ0n) is 13.0.